The summed E-state index contributed by atoms with van der Waals surface area (Å²) in [6.45, 7) is 20.5. The highest BCUT2D eigenvalue weighted by molar-refractivity contribution is 5.89. The van der Waals surface area contributed by atoms with Crippen LogP contribution in [0.1, 0.15) is 93.7 Å². The molecule has 1 unspecified atom stereocenters. The van der Waals surface area contributed by atoms with Crippen molar-refractivity contribution in [3.63, 3.8) is 0 Å². The van der Waals surface area contributed by atoms with Crippen LogP contribution in [0.2, 0.25) is 0 Å². The Hall–Kier alpha value is -2.49. The molecule has 1 N–H and O–H groups in total. The number of anilines is 1. The second kappa shape index (κ2) is 7.89. The lowest BCUT2D eigenvalue weighted by atomic mass is 9.78. The Balaban J connectivity index is 2.11. The van der Waals surface area contributed by atoms with Crippen LogP contribution < -0.4 is 10.1 Å². The lowest BCUT2D eigenvalue weighted by Crippen LogP contribution is -2.31. The number of fused-ring (bicyclic) bond motifs is 1. The second-order valence-electron chi connectivity index (χ2n) is 10.6. The van der Waals surface area contributed by atoms with E-state index in [0.717, 1.165) is 33.7 Å². The van der Waals surface area contributed by atoms with Crippen molar-refractivity contribution in [2.45, 2.75) is 92.3 Å². The molecule has 3 rings (SSSR count). The molecule has 1 aliphatic rings. The quantitative estimate of drug-likeness (QED) is 0.560. The van der Waals surface area contributed by atoms with Gasteiger partial charge in [-0.05, 0) is 89.1 Å². The Morgan fingerprint density at radius 1 is 1.03 bits per heavy atom. The van der Waals surface area contributed by atoms with Gasteiger partial charge in [0.1, 0.15) is 17.0 Å². The van der Waals surface area contributed by atoms with Gasteiger partial charge in [0.2, 0.25) is 0 Å². The third kappa shape index (κ3) is 4.44. The van der Waals surface area contributed by atoms with Crippen LogP contribution in [0.4, 0.5) is 10.5 Å². The Kier molecular flexibility index (Phi) is 5.90. The Morgan fingerprint density at radius 3 is 2.13 bits per heavy atom. The van der Waals surface area contributed by atoms with Gasteiger partial charge in [0, 0.05) is 5.56 Å². The lowest BCUT2D eigenvalue weighted by molar-refractivity contribution is 0.0635. The summed E-state index contributed by atoms with van der Waals surface area (Å²) in [7, 11) is 0. The molecule has 168 valence electrons. The molecule has 0 fully saturated rings. The van der Waals surface area contributed by atoms with Crippen LogP contribution in [0, 0.1) is 20.8 Å². The number of benzene rings is 2. The smallest absolute Gasteiger partial charge is 0.412 e. The molecule has 2 aromatic carbocycles. The third-order valence-electron chi connectivity index (χ3n) is 6.21. The van der Waals surface area contributed by atoms with E-state index in [2.05, 4.69) is 71.1 Å². The standard InChI is InChI=1S/C27H37NO3/c1-15(2)19-11-13-20(14-12-19)22-21-18(5)23(28-25(29)31-26(6,7)8)16(3)17(4)24(21)30-27(22,9)10/h11-15,22H,1-10H3,(H,28,29). The third-order valence-corrected chi connectivity index (χ3v) is 6.21. The number of nitrogens with one attached hydrogen (secondary N) is 1. The number of hydrogen-bond donors (Lipinski definition) is 1. The van der Waals surface area contributed by atoms with Gasteiger partial charge < -0.3 is 9.47 Å². The molecule has 1 aliphatic heterocycles. The predicted molar refractivity (Wildman–Crippen MR) is 128 cm³/mol. The molecule has 0 aromatic heterocycles. The van der Waals surface area contributed by atoms with Gasteiger partial charge in [-0.2, -0.15) is 0 Å². The topological polar surface area (TPSA) is 47.6 Å². The highest BCUT2D eigenvalue weighted by atomic mass is 16.6. The zero-order chi connectivity index (χ0) is 23.3. The van der Waals surface area contributed by atoms with E-state index in [1.807, 2.05) is 27.7 Å². The Bertz CT molecular complexity index is 995. The van der Waals surface area contributed by atoms with Crippen molar-refractivity contribution in [3.05, 3.63) is 57.6 Å². The molecule has 0 saturated carbocycles. The van der Waals surface area contributed by atoms with Crippen LogP contribution in [0.15, 0.2) is 24.3 Å². The minimum atomic E-state index is -0.552. The number of carbonyl (C=O) groups is 1. The van der Waals surface area contributed by atoms with Gasteiger partial charge in [0.15, 0.2) is 0 Å². The molecule has 0 spiro atoms. The molecular weight excluding hydrogens is 386 g/mol. The second-order valence-corrected chi connectivity index (χ2v) is 10.6. The van der Waals surface area contributed by atoms with Gasteiger partial charge in [-0.1, -0.05) is 38.1 Å². The van der Waals surface area contributed by atoms with Crippen LogP contribution in [0.5, 0.6) is 5.75 Å². The molecule has 4 heteroatoms. The zero-order valence-corrected chi connectivity index (χ0v) is 20.7. The van der Waals surface area contributed by atoms with Crippen LogP contribution in [0.25, 0.3) is 0 Å². The molecule has 1 amide bonds. The first-order valence-corrected chi connectivity index (χ1v) is 11.2. The first kappa shape index (κ1) is 23.2. The number of carbonyl (C=O) groups excluding carboxylic acids is 1. The molecule has 0 radical (unpaired) electrons. The van der Waals surface area contributed by atoms with E-state index >= 15 is 0 Å². The molecular formula is C27H37NO3. The average molecular weight is 424 g/mol. The predicted octanol–water partition coefficient (Wildman–Crippen LogP) is 7.39. The van der Waals surface area contributed by atoms with Crippen LogP contribution in [-0.2, 0) is 4.74 Å². The number of ether oxygens (including phenoxy) is 2. The fourth-order valence-electron chi connectivity index (χ4n) is 4.53. The van der Waals surface area contributed by atoms with Crippen LogP contribution in [-0.4, -0.2) is 17.3 Å². The van der Waals surface area contributed by atoms with Gasteiger partial charge in [-0.15, -0.1) is 0 Å². The molecule has 0 saturated heterocycles. The summed E-state index contributed by atoms with van der Waals surface area (Å²) < 4.78 is 12.0. The first-order chi connectivity index (χ1) is 14.2. The Morgan fingerprint density at radius 2 is 1.61 bits per heavy atom. The number of hydrogen-bond acceptors (Lipinski definition) is 3. The summed E-state index contributed by atoms with van der Waals surface area (Å²) in [5.41, 5.74) is 6.67. The lowest BCUT2D eigenvalue weighted by Gasteiger charge is -2.28. The maximum Gasteiger partial charge on any atom is 0.412 e. The van der Waals surface area contributed by atoms with Crippen LogP contribution >= 0.6 is 0 Å². The largest absolute Gasteiger partial charge is 0.486 e. The van der Waals surface area contributed by atoms with Crippen molar-refractivity contribution in [1.29, 1.82) is 0 Å². The van der Waals surface area contributed by atoms with E-state index in [1.54, 1.807) is 0 Å². The minimum Gasteiger partial charge on any atom is -0.486 e. The summed E-state index contributed by atoms with van der Waals surface area (Å²) in [6, 6.07) is 8.86. The van der Waals surface area contributed by atoms with Gasteiger partial charge in [0.05, 0.1) is 11.6 Å². The summed E-state index contributed by atoms with van der Waals surface area (Å²) in [4.78, 5) is 12.6. The molecule has 31 heavy (non-hydrogen) atoms. The summed E-state index contributed by atoms with van der Waals surface area (Å²) >= 11 is 0. The summed E-state index contributed by atoms with van der Waals surface area (Å²) in [5, 5.41) is 3.01. The van der Waals surface area contributed by atoms with Crippen LogP contribution in [0.3, 0.4) is 0 Å². The van der Waals surface area contributed by atoms with E-state index in [0.29, 0.717) is 5.92 Å². The molecule has 4 nitrogen and oxygen atoms in total. The summed E-state index contributed by atoms with van der Waals surface area (Å²) in [6.07, 6.45) is -0.436. The van der Waals surface area contributed by atoms with Gasteiger partial charge in [-0.3, -0.25) is 5.32 Å². The normalized spacial score (nSPS) is 17.3. The summed E-state index contributed by atoms with van der Waals surface area (Å²) in [5.74, 6) is 1.50. The van der Waals surface area contributed by atoms with Gasteiger partial charge >= 0.3 is 6.09 Å². The van der Waals surface area contributed by atoms with E-state index < -0.39 is 17.3 Å². The van der Waals surface area contributed by atoms with Crippen molar-refractivity contribution in [2.75, 3.05) is 5.32 Å². The zero-order valence-electron chi connectivity index (χ0n) is 20.7. The average Bonchev–Trinajstić information content (AvgIpc) is 2.93. The van der Waals surface area contributed by atoms with Gasteiger partial charge in [0.25, 0.3) is 0 Å². The van der Waals surface area contributed by atoms with Crippen molar-refractivity contribution in [3.8, 4) is 5.75 Å². The maximum absolute atomic E-state index is 12.6. The SMILES string of the molecule is Cc1c(C)c2c(c(C)c1NC(=O)OC(C)(C)C)C(c1ccc(C(C)C)cc1)C(C)(C)O2. The van der Waals surface area contributed by atoms with Crippen molar-refractivity contribution in [2.24, 2.45) is 0 Å². The van der Waals surface area contributed by atoms with E-state index in [4.69, 9.17) is 9.47 Å². The number of rotatable bonds is 3. The van der Waals surface area contributed by atoms with E-state index in [9.17, 15) is 4.79 Å². The highest BCUT2D eigenvalue weighted by Gasteiger charge is 2.45. The highest BCUT2D eigenvalue weighted by Crippen LogP contribution is 2.53. The van der Waals surface area contributed by atoms with Crippen molar-refractivity contribution >= 4 is 11.8 Å². The molecule has 1 atom stereocenters. The first-order valence-electron chi connectivity index (χ1n) is 11.2. The fraction of sp³-hybridized carbons (Fsp3) is 0.519. The van der Waals surface area contributed by atoms with Crippen molar-refractivity contribution in [1.82, 2.24) is 0 Å². The molecule has 0 bridgehead atoms. The van der Waals surface area contributed by atoms with Gasteiger partial charge in [-0.25, -0.2) is 4.79 Å². The van der Waals surface area contributed by atoms with E-state index in [1.165, 1.54) is 11.1 Å². The fourth-order valence-corrected chi connectivity index (χ4v) is 4.53. The molecule has 2 aromatic rings. The van der Waals surface area contributed by atoms with Crippen molar-refractivity contribution < 1.29 is 14.3 Å². The maximum atomic E-state index is 12.6. The Labute approximate surface area is 187 Å². The molecule has 0 aliphatic carbocycles. The monoisotopic (exact) mass is 423 g/mol. The van der Waals surface area contributed by atoms with E-state index in [-0.39, 0.29) is 5.92 Å². The molecule has 1 heterocycles. The minimum absolute atomic E-state index is 0.0715. The number of amides is 1.